The number of rotatable bonds is 6. The first-order valence-electron chi connectivity index (χ1n) is 7.74. The highest BCUT2D eigenvalue weighted by atomic mass is 35.5. The standard InChI is InChI=1S/C15H28N2O.ClH/c1-2-9-17(11-12-7-8-12)15(18)10-13-5-3-4-6-14(13)16;/h12-14H,2-11,16H2,1H3;1H. The van der Waals surface area contributed by atoms with E-state index in [1.807, 2.05) is 0 Å². The van der Waals surface area contributed by atoms with Gasteiger partial charge in [0.15, 0.2) is 0 Å². The second kappa shape index (κ2) is 8.11. The number of amides is 1. The van der Waals surface area contributed by atoms with Gasteiger partial charge in [-0.15, -0.1) is 12.4 Å². The SMILES string of the molecule is CCCN(CC1CC1)C(=O)CC1CCCCC1N.Cl. The maximum absolute atomic E-state index is 12.4. The summed E-state index contributed by atoms with van der Waals surface area (Å²) in [5.41, 5.74) is 6.14. The molecule has 4 heteroatoms. The summed E-state index contributed by atoms with van der Waals surface area (Å²) in [5, 5.41) is 0. The molecule has 2 aliphatic carbocycles. The van der Waals surface area contributed by atoms with Crippen LogP contribution in [0.4, 0.5) is 0 Å². The molecule has 0 heterocycles. The van der Waals surface area contributed by atoms with Crippen molar-refractivity contribution in [2.45, 2.75) is 64.3 Å². The van der Waals surface area contributed by atoms with Gasteiger partial charge in [-0.05, 0) is 43.9 Å². The van der Waals surface area contributed by atoms with Gasteiger partial charge in [-0.3, -0.25) is 4.79 Å². The van der Waals surface area contributed by atoms with E-state index >= 15 is 0 Å². The van der Waals surface area contributed by atoms with E-state index in [0.29, 0.717) is 18.2 Å². The van der Waals surface area contributed by atoms with E-state index in [1.165, 1.54) is 25.7 Å². The van der Waals surface area contributed by atoms with E-state index < -0.39 is 0 Å². The van der Waals surface area contributed by atoms with Crippen LogP contribution in [0, 0.1) is 11.8 Å². The molecule has 2 aliphatic rings. The van der Waals surface area contributed by atoms with Crippen LogP contribution in [-0.2, 0) is 4.79 Å². The minimum Gasteiger partial charge on any atom is -0.342 e. The molecule has 0 saturated heterocycles. The zero-order chi connectivity index (χ0) is 13.0. The quantitative estimate of drug-likeness (QED) is 0.817. The summed E-state index contributed by atoms with van der Waals surface area (Å²) >= 11 is 0. The van der Waals surface area contributed by atoms with Gasteiger partial charge in [0.05, 0.1) is 0 Å². The lowest BCUT2D eigenvalue weighted by Gasteiger charge is -2.30. The van der Waals surface area contributed by atoms with Gasteiger partial charge in [0.25, 0.3) is 0 Å². The molecule has 0 radical (unpaired) electrons. The fourth-order valence-electron chi connectivity index (χ4n) is 3.04. The van der Waals surface area contributed by atoms with Crippen LogP contribution in [0.25, 0.3) is 0 Å². The lowest BCUT2D eigenvalue weighted by Crippen LogP contribution is -2.40. The molecule has 0 bridgehead atoms. The highest BCUT2D eigenvalue weighted by Crippen LogP contribution is 2.31. The Morgan fingerprint density at radius 2 is 1.89 bits per heavy atom. The molecule has 0 aliphatic heterocycles. The van der Waals surface area contributed by atoms with Gasteiger partial charge < -0.3 is 10.6 Å². The number of carbonyl (C=O) groups excluding carboxylic acids is 1. The Hall–Kier alpha value is -0.280. The molecule has 3 nitrogen and oxygen atoms in total. The lowest BCUT2D eigenvalue weighted by atomic mass is 9.82. The van der Waals surface area contributed by atoms with Crippen molar-refractivity contribution in [1.29, 1.82) is 0 Å². The molecule has 19 heavy (non-hydrogen) atoms. The summed E-state index contributed by atoms with van der Waals surface area (Å²) in [7, 11) is 0. The number of hydrogen-bond acceptors (Lipinski definition) is 2. The van der Waals surface area contributed by atoms with Crippen LogP contribution in [-0.4, -0.2) is 29.9 Å². The van der Waals surface area contributed by atoms with Crippen LogP contribution in [0.3, 0.4) is 0 Å². The van der Waals surface area contributed by atoms with Crippen molar-refractivity contribution in [3.05, 3.63) is 0 Å². The topological polar surface area (TPSA) is 46.3 Å². The summed E-state index contributed by atoms with van der Waals surface area (Å²) < 4.78 is 0. The van der Waals surface area contributed by atoms with Crippen molar-refractivity contribution >= 4 is 18.3 Å². The first-order valence-corrected chi connectivity index (χ1v) is 7.74. The predicted octanol–water partition coefficient (Wildman–Crippen LogP) is 2.96. The molecule has 0 aromatic rings. The van der Waals surface area contributed by atoms with Gasteiger partial charge in [-0.25, -0.2) is 0 Å². The van der Waals surface area contributed by atoms with E-state index in [-0.39, 0.29) is 18.4 Å². The van der Waals surface area contributed by atoms with E-state index in [1.54, 1.807) is 0 Å². The Bertz CT molecular complexity index is 281. The molecule has 1 amide bonds. The largest absolute Gasteiger partial charge is 0.342 e. The minimum absolute atomic E-state index is 0. The van der Waals surface area contributed by atoms with Crippen LogP contribution >= 0.6 is 12.4 Å². The Balaban J connectivity index is 0.00000180. The highest BCUT2D eigenvalue weighted by molar-refractivity contribution is 5.85. The first kappa shape index (κ1) is 16.8. The van der Waals surface area contributed by atoms with Crippen LogP contribution in [0.1, 0.15) is 58.3 Å². The molecule has 0 spiro atoms. The number of nitrogens with two attached hydrogens (primary N) is 1. The van der Waals surface area contributed by atoms with Crippen molar-refractivity contribution in [1.82, 2.24) is 4.90 Å². The van der Waals surface area contributed by atoms with E-state index in [9.17, 15) is 4.79 Å². The number of carbonyl (C=O) groups is 1. The maximum Gasteiger partial charge on any atom is 0.222 e. The second-order valence-corrected chi connectivity index (χ2v) is 6.20. The van der Waals surface area contributed by atoms with Crippen LogP contribution in [0.5, 0.6) is 0 Å². The van der Waals surface area contributed by atoms with Crippen molar-refractivity contribution in [3.8, 4) is 0 Å². The Morgan fingerprint density at radius 3 is 2.47 bits per heavy atom. The molecule has 2 rings (SSSR count). The van der Waals surface area contributed by atoms with Crippen molar-refractivity contribution < 1.29 is 4.79 Å². The molecule has 112 valence electrons. The van der Waals surface area contributed by atoms with Crippen molar-refractivity contribution in [2.24, 2.45) is 17.6 Å². The summed E-state index contributed by atoms with van der Waals surface area (Å²) in [6, 6.07) is 0.257. The molecular weight excluding hydrogens is 260 g/mol. The Morgan fingerprint density at radius 1 is 1.21 bits per heavy atom. The molecule has 2 saturated carbocycles. The smallest absolute Gasteiger partial charge is 0.222 e. The Kier molecular flexibility index (Phi) is 7.16. The highest BCUT2D eigenvalue weighted by Gasteiger charge is 2.29. The number of halogens is 1. The van der Waals surface area contributed by atoms with Crippen molar-refractivity contribution in [2.75, 3.05) is 13.1 Å². The summed E-state index contributed by atoms with van der Waals surface area (Å²) in [6.45, 7) is 4.07. The maximum atomic E-state index is 12.4. The van der Waals surface area contributed by atoms with Gasteiger partial charge in [0, 0.05) is 25.6 Å². The van der Waals surface area contributed by atoms with Gasteiger partial charge >= 0.3 is 0 Å². The zero-order valence-corrected chi connectivity index (χ0v) is 13.0. The van der Waals surface area contributed by atoms with E-state index in [0.717, 1.165) is 38.3 Å². The molecule has 0 aromatic heterocycles. The normalized spacial score (nSPS) is 26.6. The summed E-state index contributed by atoms with van der Waals surface area (Å²) in [5.74, 6) is 1.58. The molecule has 2 fully saturated rings. The monoisotopic (exact) mass is 288 g/mol. The second-order valence-electron chi connectivity index (χ2n) is 6.20. The summed E-state index contributed by atoms with van der Waals surface area (Å²) in [4.78, 5) is 14.5. The lowest BCUT2D eigenvalue weighted by molar-refractivity contribution is -0.132. The zero-order valence-electron chi connectivity index (χ0n) is 12.1. The van der Waals surface area contributed by atoms with Crippen LogP contribution in [0.15, 0.2) is 0 Å². The van der Waals surface area contributed by atoms with Crippen LogP contribution in [0.2, 0.25) is 0 Å². The molecule has 2 unspecified atom stereocenters. The van der Waals surface area contributed by atoms with Crippen LogP contribution < -0.4 is 5.73 Å². The van der Waals surface area contributed by atoms with Gasteiger partial charge in [-0.1, -0.05) is 19.8 Å². The third-order valence-corrected chi connectivity index (χ3v) is 4.43. The number of nitrogens with zero attached hydrogens (tertiary/aromatic N) is 1. The van der Waals surface area contributed by atoms with Gasteiger partial charge in [0.2, 0.25) is 5.91 Å². The van der Waals surface area contributed by atoms with Crippen molar-refractivity contribution in [3.63, 3.8) is 0 Å². The van der Waals surface area contributed by atoms with Gasteiger partial charge in [0.1, 0.15) is 0 Å². The van der Waals surface area contributed by atoms with E-state index in [2.05, 4.69) is 11.8 Å². The van der Waals surface area contributed by atoms with Gasteiger partial charge in [-0.2, -0.15) is 0 Å². The third-order valence-electron chi connectivity index (χ3n) is 4.43. The molecule has 0 aromatic carbocycles. The average Bonchev–Trinajstić information content (AvgIpc) is 3.15. The Labute approximate surface area is 123 Å². The fourth-order valence-corrected chi connectivity index (χ4v) is 3.04. The first-order chi connectivity index (χ1) is 8.70. The molecule has 2 N–H and O–H groups in total. The predicted molar refractivity (Wildman–Crippen MR) is 81.4 cm³/mol. The third kappa shape index (κ3) is 5.31. The number of hydrogen-bond donors (Lipinski definition) is 1. The fraction of sp³-hybridized carbons (Fsp3) is 0.933. The molecule has 2 atom stereocenters. The minimum atomic E-state index is 0. The van der Waals surface area contributed by atoms with E-state index in [4.69, 9.17) is 5.73 Å². The average molecular weight is 289 g/mol. The molecular formula is C15H29ClN2O. The summed E-state index contributed by atoms with van der Waals surface area (Å²) in [6.07, 6.45) is 9.13.